The van der Waals surface area contributed by atoms with Gasteiger partial charge < -0.3 is 15.2 Å². The molecule has 0 amide bonds. The van der Waals surface area contributed by atoms with Crippen molar-refractivity contribution in [2.75, 3.05) is 13.2 Å². The van der Waals surface area contributed by atoms with Gasteiger partial charge in [0.15, 0.2) is 0 Å². The van der Waals surface area contributed by atoms with Crippen molar-refractivity contribution in [3.05, 3.63) is 65.2 Å². The van der Waals surface area contributed by atoms with E-state index < -0.39 is 6.10 Å². The summed E-state index contributed by atoms with van der Waals surface area (Å²) in [6.45, 7) is 7.26. The van der Waals surface area contributed by atoms with Crippen LogP contribution in [-0.2, 0) is 0 Å². The van der Waals surface area contributed by atoms with Crippen LogP contribution in [0.5, 0.6) is 5.75 Å². The minimum atomic E-state index is -0.480. The number of aryl methyl sites for hydroxylation is 2. The van der Waals surface area contributed by atoms with Gasteiger partial charge in [-0.15, -0.1) is 0 Å². The Hall–Kier alpha value is -1.84. The van der Waals surface area contributed by atoms with Gasteiger partial charge in [-0.05, 0) is 44.0 Å². The molecule has 3 heteroatoms. The summed E-state index contributed by atoms with van der Waals surface area (Å²) in [6.07, 6.45) is -0.480. The summed E-state index contributed by atoms with van der Waals surface area (Å²) >= 11 is 0. The zero-order valence-electron chi connectivity index (χ0n) is 13.6. The summed E-state index contributed by atoms with van der Waals surface area (Å²) in [4.78, 5) is 0. The maximum atomic E-state index is 10.1. The maximum absolute atomic E-state index is 10.1. The number of aliphatic hydroxyl groups excluding tert-OH is 1. The number of nitrogens with two attached hydrogens (primary N) is 1. The quantitative estimate of drug-likeness (QED) is 0.824. The largest absolute Gasteiger partial charge is 0.491 e. The van der Waals surface area contributed by atoms with Crippen LogP contribution in [0, 0.1) is 13.8 Å². The predicted molar refractivity (Wildman–Crippen MR) is 89.1 cm³/mol. The number of hydrogen-bond donors (Lipinski definition) is 2. The van der Waals surface area contributed by atoms with Crippen LogP contribution in [0.2, 0.25) is 0 Å². The Morgan fingerprint density at radius 2 is 1.86 bits per heavy atom. The monoisotopic (exact) mass is 300 g/mol. The van der Waals surface area contributed by atoms with Crippen LogP contribution in [0.3, 0.4) is 0 Å². The molecule has 3 N–H and O–H groups in total. The number of aliphatic hydroxyl groups is 1. The summed E-state index contributed by atoms with van der Waals surface area (Å²) in [5, 5.41) is 12.2. The molecule has 0 radical (unpaired) electrons. The van der Waals surface area contributed by atoms with Crippen molar-refractivity contribution in [2.45, 2.75) is 32.9 Å². The number of benzene rings is 2. The fraction of sp³-hybridized carbons (Fsp3) is 0.368. The molecule has 0 saturated heterocycles. The van der Waals surface area contributed by atoms with Crippen LogP contribution in [0.1, 0.15) is 29.7 Å². The van der Waals surface area contributed by atoms with Crippen LogP contribution in [0.15, 0.2) is 48.5 Å². The molecular formula is C19H26NO2+. The lowest BCUT2D eigenvalue weighted by molar-refractivity contribution is -0.698. The van der Waals surface area contributed by atoms with E-state index >= 15 is 0 Å². The Morgan fingerprint density at radius 1 is 1.09 bits per heavy atom. The molecule has 2 aromatic rings. The molecule has 2 atom stereocenters. The molecule has 2 rings (SSSR count). The zero-order valence-corrected chi connectivity index (χ0v) is 13.6. The molecule has 118 valence electrons. The van der Waals surface area contributed by atoms with Crippen molar-refractivity contribution in [1.29, 1.82) is 0 Å². The van der Waals surface area contributed by atoms with Crippen molar-refractivity contribution in [3.8, 4) is 5.75 Å². The van der Waals surface area contributed by atoms with Gasteiger partial charge in [-0.2, -0.15) is 0 Å². The first-order valence-electron chi connectivity index (χ1n) is 7.82. The molecule has 0 saturated carbocycles. The highest BCUT2D eigenvalue weighted by atomic mass is 16.5. The van der Waals surface area contributed by atoms with Crippen molar-refractivity contribution >= 4 is 0 Å². The second-order valence-electron chi connectivity index (χ2n) is 5.90. The van der Waals surface area contributed by atoms with Gasteiger partial charge in [-0.3, -0.25) is 0 Å². The average Bonchev–Trinajstić information content (AvgIpc) is 2.51. The third-order valence-electron chi connectivity index (χ3n) is 3.87. The molecule has 0 aromatic heterocycles. The van der Waals surface area contributed by atoms with Crippen LogP contribution in [0.25, 0.3) is 0 Å². The highest BCUT2D eigenvalue weighted by Gasteiger charge is 2.14. The van der Waals surface area contributed by atoms with Gasteiger partial charge in [-0.25, -0.2) is 0 Å². The van der Waals surface area contributed by atoms with Gasteiger partial charge in [0, 0.05) is 5.56 Å². The first kappa shape index (κ1) is 16.5. The van der Waals surface area contributed by atoms with E-state index in [9.17, 15) is 5.11 Å². The van der Waals surface area contributed by atoms with E-state index in [2.05, 4.69) is 43.4 Å². The van der Waals surface area contributed by atoms with Gasteiger partial charge >= 0.3 is 0 Å². The first-order valence-corrected chi connectivity index (χ1v) is 7.82. The molecule has 0 aliphatic carbocycles. The second kappa shape index (κ2) is 7.97. The fourth-order valence-electron chi connectivity index (χ4n) is 2.55. The van der Waals surface area contributed by atoms with Gasteiger partial charge in [0.1, 0.15) is 31.0 Å². The predicted octanol–water partition coefficient (Wildman–Crippen LogP) is 2.37. The molecule has 0 fully saturated rings. The van der Waals surface area contributed by atoms with Gasteiger partial charge in [0.2, 0.25) is 0 Å². The number of hydrogen-bond acceptors (Lipinski definition) is 2. The average molecular weight is 300 g/mol. The molecule has 3 nitrogen and oxygen atoms in total. The van der Waals surface area contributed by atoms with Crippen LogP contribution < -0.4 is 10.1 Å². The van der Waals surface area contributed by atoms with Crippen LogP contribution in [0.4, 0.5) is 0 Å². The Morgan fingerprint density at radius 3 is 2.59 bits per heavy atom. The molecule has 0 unspecified atom stereocenters. The lowest BCUT2D eigenvalue weighted by atomic mass is 10.0. The Bertz CT molecular complexity index is 597. The summed E-state index contributed by atoms with van der Waals surface area (Å²) < 4.78 is 5.64. The molecule has 0 aliphatic rings. The Balaban J connectivity index is 1.78. The summed E-state index contributed by atoms with van der Waals surface area (Å²) in [7, 11) is 0. The van der Waals surface area contributed by atoms with Gasteiger partial charge in [0.25, 0.3) is 0 Å². The Kier molecular flexibility index (Phi) is 5.99. The molecule has 0 aliphatic heterocycles. The van der Waals surface area contributed by atoms with Gasteiger partial charge in [-0.1, -0.05) is 36.4 Å². The minimum Gasteiger partial charge on any atom is -0.491 e. The summed E-state index contributed by atoms with van der Waals surface area (Å²) in [6, 6.07) is 16.6. The highest BCUT2D eigenvalue weighted by Crippen LogP contribution is 2.14. The number of ether oxygens (including phenoxy) is 1. The third kappa shape index (κ3) is 4.86. The SMILES string of the molecule is Cc1cccc(OC[C@@H](O)C[NH2+][C@H](C)c2ccccc2C)c1. The van der Waals surface area contributed by atoms with Crippen molar-refractivity contribution < 1.29 is 15.2 Å². The van der Waals surface area contributed by atoms with Crippen molar-refractivity contribution in [1.82, 2.24) is 0 Å². The fourth-order valence-corrected chi connectivity index (χ4v) is 2.55. The standard InChI is InChI=1S/C19H25NO2/c1-14-7-6-9-18(11-14)22-13-17(21)12-20-16(3)19-10-5-4-8-15(19)2/h4-11,16-17,20-21H,12-13H2,1-3H3/p+1/t16-,17+/m1/s1. The minimum absolute atomic E-state index is 0.320. The number of rotatable bonds is 7. The van der Waals surface area contributed by atoms with E-state index in [-0.39, 0.29) is 0 Å². The van der Waals surface area contributed by atoms with E-state index in [1.165, 1.54) is 11.1 Å². The zero-order chi connectivity index (χ0) is 15.9. The van der Waals surface area contributed by atoms with Crippen molar-refractivity contribution in [2.24, 2.45) is 0 Å². The maximum Gasteiger partial charge on any atom is 0.137 e. The third-order valence-corrected chi connectivity index (χ3v) is 3.87. The molecule has 2 aromatic carbocycles. The Labute approximate surface area is 133 Å². The lowest BCUT2D eigenvalue weighted by Crippen LogP contribution is -2.87. The molecule has 22 heavy (non-hydrogen) atoms. The van der Waals surface area contributed by atoms with Crippen LogP contribution in [-0.4, -0.2) is 24.4 Å². The van der Waals surface area contributed by atoms with Gasteiger partial charge in [0.05, 0.1) is 0 Å². The molecule has 0 bridgehead atoms. The normalized spacial score (nSPS) is 13.6. The van der Waals surface area contributed by atoms with E-state index in [0.717, 1.165) is 11.3 Å². The first-order chi connectivity index (χ1) is 10.6. The molecule has 0 heterocycles. The smallest absolute Gasteiger partial charge is 0.137 e. The second-order valence-corrected chi connectivity index (χ2v) is 5.90. The van der Waals surface area contributed by atoms with E-state index in [0.29, 0.717) is 19.2 Å². The molecule has 0 spiro atoms. The summed E-state index contributed by atoms with van der Waals surface area (Å²) in [5.74, 6) is 0.811. The molecular weight excluding hydrogens is 274 g/mol. The van der Waals surface area contributed by atoms with E-state index in [1.807, 2.05) is 31.2 Å². The highest BCUT2D eigenvalue weighted by molar-refractivity contribution is 5.27. The van der Waals surface area contributed by atoms with Crippen LogP contribution >= 0.6 is 0 Å². The van der Waals surface area contributed by atoms with Crippen molar-refractivity contribution in [3.63, 3.8) is 0 Å². The lowest BCUT2D eigenvalue weighted by Gasteiger charge is -2.16. The van der Waals surface area contributed by atoms with E-state index in [1.54, 1.807) is 0 Å². The topological polar surface area (TPSA) is 46.1 Å². The number of quaternary nitrogens is 1. The van der Waals surface area contributed by atoms with E-state index in [4.69, 9.17) is 4.74 Å². The summed E-state index contributed by atoms with van der Waals surface area (Å²) in [5.41, 5.74) is 3.76.